The molecular weight excluding hydrogens is 312 g/mol. The van der Waals surface area contributed by atoms with E-state index >= 15 is 0 Å². The van der Waals surface area contributed by atoms with E-state index in [1.165, 1.54) is 0 Å². The van der Waals surface area contributed by atoms with E-state index < -0.39 is 24.3 Å². The lowest BCUT2D eigenvalue weighted by Gasteiger charge is -2.31. The van der Waals surface area contributed by atoms with Crippen molar-refractivity contribution in [1.82, 2.24) is 0 Å². The Balaban J connectivity index is 1.70. The predicted molar refractivity (Wildman–Crippen MR) is 86.3 cm³/mol. The number of ether oxygens (including phenoxy) is 5. The molecule has 0 aliphatic carbocycles. The summed E-state index contributed by atoms with van der Waals surface area (Å²) in [6, 6.07) is 9.86. The van der Waals surface area contributed by atoms with Crippen LogP contribution < -0.4 is 0 Å². The summed E-state index contributed by atoms with van der Waals surface area (Å²) in [5.74, 6) is -0.704. The molecule has 1 aromatic carbocycles. The van der Waals surface area contributed by atoms with E-state index in [9.17, 15) is 5.11 Å². The third kappa shape index (κ3) is 3.49. The lowest BCUT2D eigenvalue weighted by molar-refractivity contribution is -0.236. The van der Waals surface area contributed by atoms with Crippen LogP contribution in [0.5, 0.6) is 0 Å². The van der Waals surface area contributed by atoms with Gasteiger partial charge in [0.2, 0.25) is 0 Å². The van der Waals surface area contributed by atoms with Crippen molar-refractivity contribution in [2.45, 2.75) is 63.4 Å². The first-order valence-corrected chi connectivity index (χ1v) is 8.30. The van der Waals surface area contributed by atoms with Gasteiger partial charge in [-0.2, -0.15) is 0 Å². The van der Waals surface area contributed by atoms with E-state index in [4.69, 9.17) is 23.7 Å². The molecule has 4 unspecified atom stereocenters. The van der Waals surface area contributed by atoms with E-state index in [-0.39, 0.29) is 24.9 Å². The summed E-state index contributed by atoms with van der Waals surface area (Å²) >= 11 is 0. The minimum absolute atomic E-state index is 0.176. The monoisotopic (exact) mass is 338 g/mol. The molecule has 0 radical (unpaired) electrons. The summed E-state index contributed by atoms with van der Waals surface area (Å²) in [5.41, 5.74) is 1.04. The first-order chi connectivity index (χ1) is 11.4. The number of benzene rings is 1. The summed E-state index contributed by atoms with van der Waals surface area (Å²) in [7, 11) is 1.60. The van der Waals surface area contributed by atoms with E-state index in [1.807, 2.05) is 51.1 Å². The van der Waals surface area contributed by atoms with Crippen molar-refractivity contribution in [3.63, 3.8) is 0 Å². The van der Waals surface area contributed by atoms with Crippen LogP contribution in [-0.2, 0) is 23.7 Å². The summed E-state index contributed by atoms with van der Waals surface area (Å²) in [6.07, 6.45) is -2.39. The highest BCUT2D eigenvalue weighted by atomic mass is 16.8. The maximum absolute atomic E-state index is 9.82. The van der Waals surface area contributed by atoms with Crippen molar-refractivity contribution in [2.24, 2.45) is 0 Å². The molecule has 6 nitrogen and oxygen atoms in total. The Morgan fingerprint density at radius 2 is 1.92 bits per heavy atom. The van der Waals surface area contributed by atoms with Crippen LogP contribution in [0.25, 0.3) is 0 Å². The lowest BCUT2D eigenvalue weighted by Crippen LogP contribution is -2.45. The second kappa shape index (κ2) is 7.07. The molecule has 6 heteroatoms. The Kier molecular flexibility index (Phi) is 5.24. The van der Waals surface area contributed by atoms with Crippen molar-refractivity contribution in [2.75, 3.05) is 13.7 Å². The topological polar surface area (TPSA) is 66.4 Å². The van der Waals surface area contributed by atoms with Gasteiger partial charge in [-0.05, 0) is 26.3 Å². The predicted octanol–water partition coefficient (Wildman–Crippen LogP) is 2.02. The molecule has 134 valence electrons. The molecule has 1 aromatic rings. The van der Waals surface area contributed by atoms with Crippen LogP contribution in [0.3, 0.4) is 0 Å². The first-order valence-electron chi connectivity index (χ1n) is 8.30. The molecule has 24 heavy (non-hydrogen) atoms. The Morgan fingerprint density at radius 1 is 1.21 bits per heavy atom. The molecule has 6 atom stereocenters. The van der Waals surface area contributed by atoms with Gasteiger partial charge in [0.1, 0.15) is 24.4 Å². The third-order valence-corrected chi connectivity index (χ3v) is 4.49. The van der Waals surface area contributed by atoms with Crippen molar-refractivity contribution < 1.29 is 28.8 Å². The summed E-state index contributed by atoms with van der Waals surface area (Å²) in [5, 5.41) is 9.82. The van der Waals surface area contributed by atoms with Crippen LogP contribution in [0.4, 0.5) is 0 Å². The number of rotatable bonds is 6. The standard InChI is InChI=1S/C18H26O6/c1-11(12-8-6-5-7-9-12)21-13(10-19)14-15(20-4)16-17(22-14)24-18(2,3)23-16/h5-9,11,13-17,19H,10H2,1-4H3/t11?,13?,14-,15?,16?,17-/m1/s1. The van der Waals surface area contributed by atoms with Gasteiger partial charge >= 0.3 is 0 Å². The average molecular weight is 338 g/mol. The number of fused-ring (bicyclic) bond motifs is 1. The molecular formula is C18H26O6. The van der Waals surface area contributed by atoms with Crippen LogP contribution in [-0.4, -0.2) is 55.3 Å². The third-order valence-electron chi connectivity index (χ3n) is 4.49. The fourth-order valence-electron chi connectivity index (χ4n) is 3.36. The molecule has 2 saturated heterocycles. The fraction of sp³-hybridized carbons (Fsp3) is 0.667. The lowest BCUT2D eigenvalue weighted by atomic mass is 10.0. The molecule has 2 fully saturated rings. The van der Waals surface area contributed by atoms with Crippen LogP contribution >= 0.6 is 0 Å². The number of hydrogen-bond donors (Lipinski definition) is 1. The molecule has 0 saturated carbocycles. The number of hydrogen-bond acceptors (Lipinski definition) is 6. The Morgan fingerprint density at radius 3 is 2.54 bits per heavy atom. The van der Waals surface area contributed by atoms with Gasteiger partial charge in [0.15, 0.2) is 12.1 Å². The van der Waals surface area contributed by atoms with Crippen molar-refractivity contribution >= 4 is 0 Å². The zero-order valence-corrected chi connectivity index (χ0v) is 14.5. The smallest absolute Gasteiger partial charge is 0.190 e. The number of methoxy groups -OCH3 is 1. The highest BCUT2D eigenvalue weighted by Crippen LogP contribution is 2.40. The first kappa shape index (κ1) is 17.8. The van der Waals surface area contributed by atoms with Gasteiger partial charge in [0, 0.05) is 7.11 Å². The molecule has 0 bridgehead atoms. The molecule has 0 spiro atoms. The van der Waals surface area contributed by atoms with Gasteiger partial charge in [-0.1, -0.05) is 30.3 Å². The molecule has 1 N–H and O–H groups in total. The van der Waals surface area contributed by atoms with E-state index in [1.54, 1.807) is 7.11 Å². The van der Waals surface area contributed by atoms with E-state index in [0.717, 1.165) is 5.56 Å². The second-order valence-electron chi connectivity index (χ2n) is 6.68. The van der Waals surface area contributed by atoms with Crippen LogP contribution in [0.15, 0.2) is 30.3 Å². The maximum Gasteiger partial charge on any atom is 0.190 e. The van der Waals surface area contributed by atoms with Crippen LogP contribution in [0.1, 0.15) is 32.4 Å². The summed E-state index contributed by atoms with van der Waals surface area (Å²) in [4.78, 5) is 0. The van der Waals surface area contributed by atoms with Crippen LogP contribution in [0.2, 0.25) is 0 Å². The van der Waals surface area contributed by atoms with E-state index in [2.05, 4.69) is 0 Å². The fourth-order valence-corrected chi connectivity index (χ4v) is 3.36. The van der Waals surface area contributed by atoms with Crippen molar-refractivity contribution in [1.29, 1.82) is 0 Å². The molecule has 2 aliphatic heterocycles. The highest BCUT2D eigenvalue weighted by molar-refractivity contribution is 5.17. The molecule has 0 aromatic heterocycles. The number of aliphatic hydroxyl groups is 1. The molecule has 2 aliphatic rings. The van der Waals surface area contributed by atoms with Gasteiger partial charge in [0.05, 0.1) is 12.7 Å². The normalized spacial score (nSPS) is 34.0. The average Bonchev–Trinajstić information content (AvgIpc) is 3.04. The van der Waals surface area contributed by atoms with Gasteiger partial charge < -0.3 is 28.8 Å². The largest absolute Gasteiger partial charge is 0.394 e. The van der Waals surface area contributed by atoms with Crippen LogP contribution in [0, 0.1) is 0 Å². The number of aliphatic hydroxyl groups excluding tert-OH is 1. The molecule has 2 heterocycles. The highest BCUT2D eigenvalue weighted by Gasteiger charge is 2.57. The molecule has 0 amide bonds. The quantitative estimate of drug-likeness (QED) is 0.856. The second-order valence-corrected chi connectivity index (χ2v) is 6.68. The summed E-state index contributed by atoms with van der Waals surface area (Å²) < 4.78 is 29.2. The van der Waals surface area contributed by atoms with Gasteiger partial charge in [0.25, 0.3) is 0 Å². The Hall–Kier alpha value is -1.02. The summed E-state index contributed by atoms with van der Waals surface area (Å²) in [6.45, 7) is 5.46. The Labute approximate surface area is 142 Å². The molecule has 3 rings (SSSR count). The minimum atomic E-state index is -0.704. The van der Waals surface area contributed by atoms with Crippen molar-refractivity contribution in [3.8, 4) is 0 Å². The maximum atomic E-state index is 9.82. The van der Waals surface area contributed by atoms with Gasteiger partial charge in [-0.25, -0.2) is 0 Å². The van der Waals surface area contributed by atoms with Crippen molar-refractivity contribution in [3.05, 3.63) is 35.9 Å². The zero-order valence-electron chi connectivity index (χ0n) is 14.5. The van der Waals surface area contributed by atoms with Gasteiger partial charge in [-0.3, -0.25) is 0 Å². The Bertz CT molecular complexity index is 534. The minimum Gasteiger partial charge on any atom is -0.394 e. The SMILES string of the molecule is COC1C2OC(C)(C)O[C@H]2O[C@@H]1C(CO)OC(C)c1ccccc1. The van der Waals surface area contributed by atoms with Gasteiger partial charge in [-0.15, -0.1) is 0 Å². The zero-order chi connectivity index (χ0) is 17.3. The van der Waals surface area contributed by atoms with E-state index in [0.29, 0.717) is 0 Å².